The van der Waals surface area contributed by atoms with E-state index in [0.717, 1.165) is 70.1 Å². The summed E-state index contributed by atoms with van der Waals surface area (Å²) in [6.45, 7) is 3.93. The van der Waals surface area contributed by atoms with Gasteiger partial charge in [-0.1, -0.05) is 60.1 Å². The molecule has 190 valence electrons. The average Bonchev–Trinajstić information content (AvgIpc) is 3.45. The van der Waals surface area contributed by atoms with Crippen LogP contribution in [0.4, 0.5) is 0 Å². The number of aromatic nitrogens is 4. The van der Waals surface area contributed by atoms with Crippen molar-refractivity contribution in [3.05, 3.63) is 84.1 Å². The fourth-order valence-electron chi connectivity index (χ4n) is 6.42. The smallest absolute Gasteiger partial charge is 0.134 e. The first-order chi connectivity index (χ1) is 18.6. The summed E-state index contributed by atoms with van der Waals surface area (Å²) in [5, 5.41) is 10.2. The van der Waals surface area contributed by atoms with Gasteiger partial charge in [0.2, 0.25) is 0 Å². The Morgan fingerprint density at radius 1 is 0.816 bits per heavy atom. The van der Waals surface area contributed by atoms with E-state index in [1.165, 1.54) is 17.4 Å². The molecule has 0 bridgehead atoms. The maximum atomic E-state index is 6.57. The Bertz CT molecular complexity index is 1690. The lowest BCUT2D eigenvalue weighted by molar-refractivity contribution is 0.543. The Kier molecular flexibility index (Phi) is 5.06. The Morgan fingerprint density at radius 3 is 2.42 bits per heavy atom. The van der Waals surface area contributed by atoms with Gasteiger partial charge in [0.1, 0.15) is 22.5 Å². The highest BCUT2D eigenvalue weighted by atomic mass is 35.5. The lowest BCUT2D eigenvalue weighted by Crippen LogP contribution is -2.22. The van der Waals surface area contributed by atoms with Crippen LogP contribution in [0.2, 0.25) is 5.15 Å². The summed E-state index contributed by atoms with van der Waals surface area (Å²) >= 11 is 6.57. The molecule has 3 aromatic carbocycles. The molecule has 0 unspecified atom stereocenters. The second-order valence-electron chi connectivity index (χ2n) is 11.1. The molecule has 4 N–H and O–H groups in total. The standard InChI is InChI=1S/C31H29ClN6/c1-2-21-9-12-24(33-21)30-35-23-11-8-19-13-18(7-10-22(19)28(23)37-30)16-3-5-17(6-4-16)27-29(32)38-31(36-27)26-15-20-14-25(20)34-26/h2-8,10-11,13,20-21,24-26,33-34H,1,9,12,14-15H2,(H,35,37)(H,36,38)/t20-,21-,24+,25-,26+/m1/s1. The summed E-state index contributed by atoms with van der Waals surface area (Å²) < 4.78 is 0. The number of benzene rings is 3. The van der Waals surface area contributed by atoms with E-state index in [1.54, 1.807) is 0 Å². The summed E-state index contributed by atoms with van der Waals surface area (Å²) in [4.78, 5) is 16.7. The number of fused-ring (bicyclic) bond motifs is 4. The largest absolute Gasteiger partial charge is 0.341 e. The molecule has 6 nitrogen and oxygen atoms in total. The number of piperidine rings is 1. The minimum Gasteiger partial charge on any atom is -0.341 e. The quantitative estimate of drug-likeness (QED) is 0.191. The van der Waals surface area contributed by atoms with Crippen molar-refractivity contribution in [2.75, 3.05) is 0 Å². The number of hydrogen-bond donors (Lipinski definition) is 4. The normalized spacial score (nSPS) is 26.3. The monoisotopic (exact) mass is 520 g/mol. The molecule has 1 aliphatic carbocycles. The third-order valence-corrected chi connectivity index (χ3v) is 8.93. The number of H-pyrrole nitrogens is 2. The van der Waals surface area contributed by atoms with E-state index in [9.17, 15) is 0 Å². The van der Waals surface area contributed by atoms with Gasteiger partial charge in [-0.05, 0) is 60.2 Å². The molecule has 3 fully saturated rings. The molecule has 5 atom stereocenters. The zero-order valence-electron chi connectivity index (χ0n) is 21.0. The van der Waals surface area contributed by atoms with Crippen molar-refractivity contribution >= 4 is 33.4 Å². The van der Waals surface area contributed by atoms with Crippen LogP contribution in [-0.4, -0.2) is 32.0 Å². The molecule has 3 aliphatic rings. The van der Waals surface area contributed by atoms with E-state index in [2.05, 4.69) is 81.8 Å². The molecule has 38 heavy (non-hydrogen) atoms. The summed E-state index contributed by atoms with van der Waals surface area (Å²) in [6.07, 6.45) is 6.60. The fourth-order valence-corrected chi connectivity index (χ4v) is 6.66. The number of aromatic amines is 2. The Balaban J connectivity index is 1.07. The van der Waals surface area contributed by atoms with Crippen molar-refractivity contribution in [2.24, 2.45) is 5.92 Å². The molecule has 0 radical (unpaired) electrons. The third kappa shape index (κ3) is 3.70. The van der Waals surface area contributed by atoms with Gasteiger partial charge in [-0.15, -0.1) is 6.58 Å². The van der Waals surface area contributed by atoms with Crippen LogP contribution in [0, 0.1) is 5.92 Å². The van der Waals surface area contributed by atoms with Crippen molar-refractivity contribution in [3.63, 3.8) is 0 Å². The second-order valence-corrected chi connectivity index (χ2v) is 11.5. The summed E-state index contributed by atoms with van der Waals surface area (Å²) in [5.41, 5.74) is 6.29. The van der Waals surface area contributed by atoms with E-state index >= 15 is 0 Å². The van der Waals surface area contributed by atoms with Crippen LogP contribution < -0.4 is 10.6 Å². The van der Waals surface area contributed by atoms with Gasteiger partial charge in [0.25, 0.3) is 0 Å². The lowest BCUT2D eigenvalue weighted by Gasteiger charge is -2.09. The summed E-state index contributed by atoms with van der Waals surface area (Å²) in [5.74, 6) is 2.78. The van der Waals surface area contributed by atoms with Crippen molar-refractivity contribution in [3.8, 4) is 22.4 Å². The average molecular weight is 521 g/mol. The van der Waals surface area contributed by atoms with Crippen LogP contribution in [0.3, 0.4) is 0 Å². The first-order valence-corrected chi connectivity index (χ1v) is 13.9. The number of halogens is 1. The van der Waals surface area contributed by atoms with Gasteiger partial charge in [0.15, 0.2) is 0 Å². The molecule has 2 saturated heterocycles. The van der Waals surface area contributed by atoms with Gasteiger partial charge in [-0.2, -0.15) is 0 Å². The van der Waals surface area contributed by atoms with Crippen molar-refractivity contribution < 1.29 is 0 Å². The number of hydrogen-bond acceptors (Lipinski definition) is 4. The molecule has 1 saturated carbocycles. The van der Waals surface area contributed by atoms with Crippen LogP contribution in [-0.2, 0) is 0 Å². The number of rotatable bonds is 5. The number of nitrogens with zero attached hydrogens (tertiary/aromatic N) is 2. The minimum atomic E-state index is 0.248. The van der Waals surface area contributed by atoms with E-state index in [0.29, 0.717) is 17.2 Å². The van der Waals surface area contributed by atoms with Crippen LogP contribution in [0.5, 0.6) is 0 Å². The molecule has 5 aromatic rings. The van der Waals surface area contributed by atoms with Crippen molar-refractivity contribution in [2.45, 2.75) is 49.9 Å². The topological polar surface area (TPSA) is 81.4 Å². The predicted octanol–water partition coefficient (Wildman–Crippen LogP) is 6.83. The third-order valence-electron chi connectivity index (χ3n) is 8.66. The fraction of sp³-hybridized carbons (Fsp3) is 0.290. The Hall–Kier alpha value is -3.45. The zero-order valence-corrected chi connectivity index (χ0v) is 21.7. The van der Waals surface area contributed by atoms with Crippen molar-refractivity contribution in [1.82, 2.24) is 30.6 Å². The van der Waals surface area contributed by atoms with Crippen LogP contribution in [0.1, 0.15) is 49.4 Å². The van der Waals surface area contributed by atoms with E-state index in [4.69, 9.17) is 21.6 Å². The zero-order chi connectivity index (χ0) is 25.4. The molecule has 0 amide bonds. The van der Waals surface area contributed by atoms with Gasteiger partial charge in [-0.25, -0.2) is 9.97 Å². The van der Waals surface area contributed by atoms with E-state index in [-0.39, 0.29) is 12.1 Å². The first kappa shape index (κ1) is 22.5. The molecule has 7 heteroatoms. The highest BCUT2D eigenvalue weighted by molar-refractivity contribution is 6.31. The Labute approximate surface area is 225 Å². The SMILES string of the molecule is C=C[C@@H]1CC[C@@H](c2nc3c(ccc4cc(-c5ccc(-c6nc([C@@H]7C[C@H]8C[C@H]8N7)[nH]c6Cl)cc5)ccc43)[nH]2)N1. The summed E-state index contributed by atoms with van der Waals surface area (Å²) in [7, 11) is 0. The Morgan fingerprint density at radius 2 is 1.63 bits per heavy atom. The maximum Gasteiger partial charge on any atom is 0.134 e. The van der Waals surface area contributed by atoms with Gasteiger partial charge in [0.05, 0.1) is 23.1 Å². The van der Waals surface area contributed by atoms with Gasteiger partial charge in [-0.3, -0.25) is 0 Å². The number of imidazole rings is 2. The van der Waals surface area contributed by atoms with Gasteiger partial charge < -0.3 is 20.6 Å². The maximum absolute atomic E-state index is 6.57. The summed E-state index contributed by atoms with van der Waals surface area (Å²) in [6, 6.07) is 21.0. The number of nitrogens with one attached hydrogen (secondary N) is 4. The van der Waals surface area contributed by atoms with Crippen LogP contribution >= 0.6 is 11.6 Å². The first-order valence-electron chi connectivity index (χ1n) is 13.6. The molecule has 0 spiro atoms. The van der Waals surface area contributed by atoms with Crippen LogP contribution in [0.15, 0.2) is 67.3 Å². The molecule has 8 rings (SSSR count). The highest BCUT2D eigenvalue weighted by Crippen LogP contribution is 2.46. The molecular formula is C31H29ClN6. The minimum absolute atomic E-state index is 0.248. The highest BCUT2D eigenvalue weighted by Gasteiger charge is 2.47. The van der Waals surface area contributed by atoms with E-state index in [1.807, 2.05) is 6.08 Å². The molecule has 2 aromatic heterocycles. The lowest BCUT2D eigenvalue weighted by atomic mass is 9.99. The second kappa shape index (κ2) is 8.53. The molecular weight excluding hydrogens is 492 g/mol. The molecule has 2 aliphatic heterocycles. The van der Waals surface area contributed by atoms with Gasteiger partial charge in [0, 0.05) is 23.0 Å². The van der Waals surface area contributed by atoms with Crippen LogP contribution in [0.25, 0.3) is 44.2 Å². The van der Waals surface area contributed by atoms with Crippen molar-refractivity contribution in [1.29, 1.82) is 0 Å². The molecule has 4 heterocycles. The predicted molar refractivity (Wildman–Crippen MR) is 153 cm³/mol. The van der Waals surface area contributed by atoms with E-state index < -0.39 is 0 Å². The van der Waals surface area contributed by atoms with Gasteiger partial charge >= 0.3 is 0 Å².